The lowest BCUT2D eigenvalue weighted by Crippen LogP contribution is -2.20. The van der Waals surface area contributed by atoms with Gasteiger partial charge in [0, 0.05) is 5.69 Å². The maximum atomic E-state index is 11.5. The molecule has 0 amide bonds. The van der Waals surface area contributed by atoms with Crippen LogP contribution in [0.3, 0.4) is 0 Å². The van der Waals surface area contributed by atoms with E-state index in [9.17, 15) is 9.59 Å². The number of aromatic nitrogens is 2. The van der Waals surface area contributed by atoms with E-state index in [0.29, 0.717) is 5.56 Å². The molecule has 0 saturated carbocycles. The lowest BCUT2D eigenvalue weighted by Gasteiger charge is -2.02. The number of hydrogen-bond acceptors (Lipinski definition) is 3. The highest BCUT2D eigenvalue weighted by molar-refractivity contribution is 5.96. The molecule has 2 rings (SSSR count). The van der Waals surface area contributed by atoms with Gasteiger partial charge in [0.1, 0.15) is 0 Å². The average Bonchev–Trinajstić information content (AvgIpc) is 2.23. The van der Waals surface area contributed by atoms with Gasteiger partial charge in [0.25, 0.3) is 11.1 Å². The topological polar surface area (TPSA) is 91.7 Å². The predicted molar refractivity (Wildman–Crippen MR) is 59.7 cm³/mol. The lowest BCUT2D eigenvalue weighted by atomic mass is 10.1. The van der Waals surface area contributed by atoms with E-state index in [0.717, 1.165) is 0 Å². The molecule has 0 fully saturated rings. The second-order valence-corrected chi connectivity index (χ2v) is 3.11. The van der Waals surface area contributed by atoms with Crippen LogP contribution >= 0.6 is 0 Å². The van der Waals surface area contributed by atoms with Crippen molar-refractivity contribution < 1.29 is 0 Å². The fraction of sp³-hybridized carbons (Fsp3) is 0. The second-order valence-electron chi connectivity index (χ2n) is 3.11. The zero-order valence-corrected chi connectivity index (χ0v) is 7.83. The minimum Gasteiger partial charge on any atom is -0.398 e. The second kappa shape index (κ2) is 3.13. The van der Waals surface area contributed by atoms with E-state index in [1.165, 1.54) is 6.08 Å². The Hall–Kier alpha value is -2.30. The Kier molecular flexibility index (Phi) is 1.93. The monoisotopic (exact) mass is 203 g/mol. The predicted octanol–water partition coefficient (Wildman–Crippen LogP) is 0.442. The summed E-state index contributed by atoms with van der Waals surface area (Å²) in [4.78, 5) is 23.0. The van der Waals surface area contributed by atoms with Gasteiger partial charge in [-0.1, -0.05) is 18.7 Å². The molecule has 5 nitrogen and oxygen atoms in total. The van der Waals surface area contributed by atoms with Crippen molar-refractivity contribution in [2.24, 2.45) is 0 Å². The van der Waals surface area contributed by atoms with E-state index in [4.69, 9.17) is 5.73 Å². The maximum absolute atomic E-state index is 11.5. The molecule has 0 aliphatic heterocycles. The van der Waals surface area contributed by atoms with Crippen molar-refractivity contribution in [1.82, 2.24) is 10.2 Å². The molecule has 4 N–H and O–H groups in total. The molecule has 1 aromatic carbocycles. The zero-order valence-electron chi connectivity index (χ0n) is 7.83. The van der Waals surface area contributed by atoms with Gasteiger partial charge in [0.2, 0.25) is 0 Å². The number of nitrogens with one attached hydrogen (secondary N) is 2. The fourth-order valence-electron chi connectivity index (χ4n) is 1.53. The Bertz CT molecular complexity index is 652. The summed E-state index contributed by atoms with van der Waals surface area (Å²) in [6, 6.07) is 3.23. The van der Waals surface area contributed by atoms with E-state index < -0.39 is 5.56 Å². The summed E-state index contributed by atoms with van der Waals surface area (Å²) >= 11 is 0. The third-order valence-electron chi connectivity index (χ3n) is 2.23. The van der Waals surface area contributed by atoms with Crippen LogP contribution in [0.5, 0.6) is 0 Å². The molecule has 0 aliphatic carbocycles. The number of anilines is 1. The maximum Gasteiger partial charge on any atom is 0.272 e. The summed E-state index contributed by atoms with van der Waals surface area (Å²) in [5.74, 6) is 0. The lowest BCUT2D eigenvalue weighted by molar-refractivity contribution is 0.976. The normalized spacial score (nSPS) is 10.4. The van der Waals surface area contributed by atoms with E-state index in [1.54, 1.807) is 12.1 Å². The molecule has 0 unspecified atom stereocenters. The zero-order chi connectivity index (χ0) is 11.0. The highest BCUT2D eigenvalue weighted by atomic mass is 16.1. The van der Waals surface area contributed by atoms with Crippen LogP contribution in [0.2, 0.25) is 0 Å². The number of nitrogens with two attached hydrogens (primary N) is 1. The van der Waals surface area contributed by atoms with Crippen molar-refractivity contribution in [1.29, 1.82) is 0 Å². The Morgan fingerprint density at radius 3 is 2.33 bits per heavy atom. The molecule has 0 radical (unpaired) electrons. The third kappa shape index (κ3) is 1.25. The molecule has 5 heteroatoms. The van der Waals surface area contributed by atoms with Crippen LogP contribution in [0.15, 0.2) is 28.3 Å². The first kappa shape index (κ1) is 9.26. The molecule has 0 saturated heterocycles. The van der Waals surface area contributed by atoms with Gasteiger partial charge in [0.05, 0.1) is 10.8 Å². The Morgan fingerprint density at radius 1 is 1.13 bits per heavy atom. The van der Waals surface area contributed by atoms with Gasteiger partial charge in [-0.25, -0.2) is 0 Å². The average molecular weight is 203 g/mol. The van der Waals surface area contributed by atoms with Crippen molar-refractivity contribution in [3.05, 3.63) is 45.0 Å². The van der Waals surface area contributed by atoms with Gasteiger partial charge >= 0.3 is 0 Å². The summed E-state index contributed by atoms with van der Waals surface area (Å²) in [5, 5.41) is 4.95. The van der Waals surface area contributed by atoms with Gasteiger partial charge in [-0.05, 0) is 11.6 Å². The first-order valence-electron chi connectivity index (χ1n) is 4.30. The summed E-state index contributed by atoms with van der Waals surface area (Å²) in [5.41, 5.74) is 5.72. The molecule has 2 aromatic rings. The number of hydrogen-bond donors (Lipinski definition) is 3. The van der Waals surface area contributed by atoms with E-state index >= 15 is 0 Å². The fourth-order valence-corrected chi connectivity index (χ4v) is 1.53. The van der Waals surface area contributed by atoms with Gasteiger partial charge in [0.15, 0.2) is 0 Å². The molecule has 0 atom stereocenters. The van der Waals surface area contributed by atoms with Gasteiger partial charge in [-0.15, -0.1) is 0 Å². The van der Waals surface area contributed by atoms with Crippen molar-refractivity contribution in [2.75, 3.05) is 5.73 Å². The smallest absolute Gasteiger partial charge is 0.272 e. The Morgan fingerprint density at radius 2 is 1.73 bits per heavy atom. The summed E-state index contributed by atoms with van der Waals surface area (Å²) < 4.78 is 0. The highest BCUT2D eigenvalue weighted by Crippen LogP contribution is 2.18. The Balaban J connectivity index is 3.20. The van der Waals surface area contributed by atoms with Gasteiger partial charge < -0.3 is 5.73 Å². The van der Waals surface area contributed by atoms with Crippen LogP contribution in [0.25, 0.3) is 16.8 Å². The number of fused-ring (bicyclic) bond motifs is 1. The van der Waals surface area contributed by atoms with Crippen molar-refractivity contribution in [3.63, 3.8) is 0 Å². The molecule has 15 heavy (non-hydrogen) atoms. The summed E-state index contributed by atoms with van der Waals surface area (Å²) in [7, 11) is 0. The van der Waals surface area contributed by atoms with Crippen LogP contribution in [-0.2, 0) is 0 Å². The van der Waals surface area contributed by atoms with Gasteiger partial charge in [-0.2, -0.15) is 0 Å². The van der Waals surface area contributed by atoms with E-state index in [2.05, 4.69) is 16.8 Å². The van der Waals surface area contributed by atoms with Gasteiger partial charge in [-0.3, -0.25) is 19.8 Å². The number of rotatable bonds is 1. The number of aromatic amines is 2. The van der Waals surface area contributed by atoms with Crippen LogP contribution in [0.4, 0.5) is 5.69 Å². The molecular weight excluding hydrogens is 194 g/mol. The number of benzene rings is 1. The quantitative estimate of drug-likeness (QED) is 0.587. The van der Waals surface area contributed by atoms with E-state index in [1.807, 2.05) is 0 Å². The minimum atomic E-state index is -0.411. The first-order valence-corrected chi connectivity index (χ1v) is 4.30. The van der Waals surface area contributed by atoms with Crippen molar-refractivity contribution >= 4 is 22.5 Å². The number of nitrogen functional groups attached to an aromatic ring is 1. The minimum absolute atomic E-state index is 0.205. The first-order chi connectivity index (χ1) is 7.15. The molecule has 0 spiro atoms. The van der Waals surface area contributed by atoms with Crippen LogP contribution in [0, 0.1) is 0 Å². The molecule has 0 aliphatic rings. The van der Waals surface area contributed by atoms with Crippen LogP contribution < -0.4 is 16.9 Å². The summed E-state index contributed by atoms with van der Waals surface area (Å²) in [6.07, 6.45) is 1.51. The summed E-state index contributed by atoms with van der Waals surface area (Å²) in [6.45, 7) is 3.58. The van der Waals surface area contributed by atoms with Crippen molar-refractivity contribution in [3.8, 4) is 0 Å². The molecule has 1 heterocycles. The number of H-pyrrole nitrogens is 2. The third-order valence-corrected chi connectivity index (χ3v) is 2.23. The largest absolute Gasteiger partial charge is 0.398 e. The molecular formula is C10H9N3O2. The Labute approximate surface area is 84.2 Å². The molecule has 0 bridgehead atoms. The molecule has 76 valence electrons. The SMILES string of the molecule is C=Cc1ccc(N)c2c(=O)[nH][nH]c(=O)c12. The highest BCUT2D eigenvalue weighted by Gasteiger charge is 2.09. The van der Waals surface area contributed by atoms with Crippen LogP contribution in [-0.4, -0.2) is 10.2 Å². The standard InChI is InChI=1S/C10H9N3O2/c1-2-5-3-4-6(11)8-7(5)9(14)12-13-10(8)15/h2-4H,1,11H2,(H,12,14)(H,13,15). The molecule has 1 aromatic heterocycles. The van der Waals surface area contributed by atoms with Crippen LogP contribution in [0.1, 0.15) is 5.56 Å². The van der Waals surface area contributed by atoms with E-state index in [-0.39, 0.29) is 22.0 Å². The van der Waals surface area contributed by atoms with Crippen molar-refractivity contribution in [2.45, 2.75) is 0 Å².